The highest BCUT2D eigenvalue weighted by molar-refractivity contribution is 6.74. The minimum Gasteiger partial charge on any atom is -0.539 e. The molecule has 0 spiro atoms. The van der Waals surface area contributed by atoms with Gasteiger partial charge in [0, 0.05) is 0 Å². The zero-order valence-corrected chi connectivity index (χ0v) is 17.3. The van der Waals surface area contributed by atoms with Crippen LogP contribution in [0, 0.1) is 0 Å². The number of carbonyl (C=O) groups excluding carboxylic acids is 1. The Morgan fingerprint density at radius 3 is 2.04 bits per heavy atom. The average molecular weight is 369 g/mol. The molecule has 3 nitrogen and oxygen atoms in total. The van der Waals surface area contributed by atoms with Gasteiger partial charge in [0.25, 0.3) is 8.32 Å². The monoisotopic (exact) mass is 368 g/mol. The third-order valence-electron chi connectivity index (χ3n) is 4.68. The van der Waals surface area contributed by atoms with Crippen molar-refractivity contribution in [1.82, 2.24) is 0 Å². The maximum Gasteiger partial charge on any atom is 0.372 e. The average Bonchev–Trinajstić information content (AvgIpc) is 2.60. The maximum absolute atomic E-state index is 12.7. The van der Waals surface area contributed by atoms with Crippen LogP contribution in [-0.4, -0.2) is 14.3 Å². The Hall–Kier alpha value is -2.33. The molecular weight excluding hydrogens is 340 g/mol. The molecule has 0 amide bonds. The molecular formula is C22H28O3Si. The fourth-order valence-electron chi connectivity index (χ4n) is 2.05. The van der Waals surface area contributed by atoms with Crippen LogP contribution in [0.25, 0.3) is 6.08 Å². The molecule has 0 aliphatic rings. The molecule has 0 aliphatic heterocycles. The van der Waals surface area contributed by atoms with Crippen molar-refractivity contribution in [3.8, 4) is 0 Å². The van der Waals surface area contributed by atoms with Crippen LogP contribution >= 0.6 is 0 Å². The Labute approximate surface area is 157 Å². The normalized spacial score (nSPS) is 12.6. The molecule has 0 bridgehead atoms. The Kier molecular flexibility index (Phi) is 6.43. The quantitative estimate of drug-likeness (QED) is 0.280. The minimum atomic E-state index is -2.16. The second-order valence-electron chi connectivity index (χ2n) is 7.84. The van der Waals surface area contributed by atoms with E-state index in [1.165, 1.54) is 0 Å². The third-order valence-corrected chi connectivity index (χ3v) is 9.03. The number of hydrogen-bond donors (Lipinski definition) is 0. The van der Waals surface area contributed by atoms with Crippen molar-refractivity contribution in [1.29, 1.82) is 0 Å². The van der Waals surface area contributed by atoms with Crippen LogP contribution in [0.2, 0.25) is 18.1 Å². The molecule has 0 radical (unpaired) electrons. The number of carbonyl (C=O) groups is 1. The van der Waals surface area contributed by atoms with Crippen molar-refractivity contribution >= 4 is 20.4 Å². The van der Waals surface area contributed by atoms with Crippen molar-refractivity contribution in [3.63, 3.8) is 0 Å². The van der Waals surface area contributed by atoms with E-state index in [0.29, 0.717) is 0 Å². The number of ether oxygens (including phenoxy) is 1. The lowest BCUT2D eigenvalue weighted by molar-refractivity contribution is -0.142. The van der Waals surface area contributed by atoms with E-state index in [0.717, 1.165) is 11.1 Å². The third kappa shape index (κ3) is 5.60. The molecule has 0 unspecified atom stereocenters. The van der Waals surface area contributed by atoms with Crippen LogP contribution in [0.3, 0.4) is 0 Å². The smallest absolute Gasteiger partial charge is 0.372 e. The first-order valence-corrected chi connectivity index (χ1v) is 11.8. The van der Waals surface area contributed by atoms with Gasteiger partial charge in [-0.1, -0.05) is 81.4 Å². The lowest BCUT2D eigenvalue weighted by atomic mass is 10.2. The zero-order valence-electron chi connectivity index (χ0n) is 16.3. The minimum absolute atomic E-state index is 0.0114. The topological polar surface area (TPSA) is 35.5 Å². The summed E-state index contributed by atoms with van der Waals surface area (Å²) in [5.41, 5.74) is 1.87. The van der Waals surface area contributed by atoms with Gasteiger partial charge in [-0.3, -0.25) is 0 Å². The van der Waals surface area contributed by atoms with E-state index in [2.05, 4.69) is 33.9 Å². The summed E-state index contributed by atoms with van der Waals surface area (Å²) >= 11 is 0. The van der Waals surface area contributed by atoms with E-state index in [-0.39, 0.29) is 17.4 Å². The molecule has 0 aromatic heterocycles. The molecule has 0 saturated carbocycles. The lowest BCUT2D eigenvalue weighted by Gasteiger charge is -2.36. The van der Waals surface area contributed by atoms with E-state index in [1.807, 2.05) is 60.7 Å². The number of esters is 1. The summed E-state index contributed by atoms with van der Waals surface area (Å²) in [7, 11) is -2.16. The fraction of sp³-hybridized carbons (Fsp3) is 0.318. The molecule has 4 heteroatoms. The van der Waals surface area contributed by atoms with Gasteiger partial charge >= 0.3 is 5.97 Å². The van der Waals surface area contributed by atoms with Crippen molar-refractivity contribution in [2.75, 3.05) is 0 Å². The highest BCUT2D eigenvalue weighted by Crippen LogP contribution is 2.38. The summed E-state index contributed by atoms with van der Waals surface area (Å²) in [6.07, 6.45) is 1.77. The second kappa shape index (κ2) is 8.36. The second-order valence-corrected chi connectivity index (χ2v) is 12.6. The van der Waals surface area contributed by atoms with Gasteiger partial charge < -0.3 is 9.16 Å². The van der Waals surface area contributed by atoms with E-state index in [9.17, 15) is 4.79 Å². The maximum atomic E-state index is 12.7. The molecule has 2 rings (SSSR count). The molecule has 0 aliphatic carbocycles. The summed E-state index contributed by atoms with van der Waals surface area (Å²) in [5.74, 6) is -0.152. The summed E-state index contributed by atoms with van der Waals surface area (Å²) in [4.78, 5) is 12.7. The molecule has 0 heterocycles. The van der Waals surface area contributed by atoms with Crippen LogP contribution in [0.4, 0.5) is 0 Å². The van der Waals surface area contributed by atoms with Gasteiger partial charge in [0.05, 0.1) is 0 Å². The van der Waals surface area contributed by atoms with Crippen LogP contribution in [0.1, 0.15) is 31.9 Å². The Morgan fingerprint density at radius 1 is 0.962 bits per heavy atom. The lowest BCUT2D eigenvalue weighted by Crippen LogP contribution is -2.41. The van der Waals surface area contributed by atoms with Crippen molar-refractivity contribution < 1.29 is 14.0 Å². The zero-order chi connectivity index (χ0) is 19.2. The summed E-state index contributed by atoms with van der Waals surface area (Å²) < 4.78 is 11.8. The van der Waals surface area contributed by atoms with E-state index in [1.54, 1.807) is 6.08 Å². The molecule has 0 saturated heterocycles. The van der Waals surface area contributed by atoms with Gasteiger partial charge in [-0.05, 0) is 35.3 Å². The molecule has 2 aromatic rings. The van der Waals surface area contributed by atoms with Crippen LogP contribution in [-0.2, 0) is 20.6 Å². The molecule has 0 N–H and O–H groups in total. The van der Waals surface area contributed by atoms with E-state index >= 15 is 0 Å². The molecule has 0 fully saturated rings. The largest absolute Gasteiger partial charge is 0.539 e. The summed E-state index contributed by atoms with van der Waals surface area (Å²) in [6.45, 7) is 10.9. The first kappa shape index (κ1) is 20.0. The number of hydrogen-bond acceptors (Lipinski definition) is 3. The van der Waals surface area contributed by atoms with Gasteiger partial charge in [-0.25, -0.2) is 4.79 Å². The van der Waals surface area contributed by atoms with Gasteiger partial charge in [-0.15, -0.1) is 0 Å². The summed E-state index contributed by atoms with van der Waals surface area (Å²) in [5, 5.41) is -0.0114. The fourth-order valence-corrected chi connectivity index (χ4v) is 3.05. The van der Waals surface area contributed by atoms with Crippen molar-refractivity contribution in [2.45, 2.75) is 45.5 Å². The highest BCUT2D eigenvalue weighted by atomic mass is 28.4. The van der Waals surface area contributed by atoms with Crippen LogP contribution in [0.5, 0.6) is 0 Å². The van der Waals surface area contributed by atoms with Gasteiger partial charge in [-0.2, -0.15) is 0 Å². The highest BCUT2D eigenvalue weighted by Gasteiger charge is 2.40. The van der Waals surface area contributed by atoms with Gasteiger partial charge in [0.15, 0.2) is 5.76 Å². The Bertz CT molecular complexity index is 744. The molecule has 26 heavy (non-hydrogen) atoms. The molecule has 138 valence electrons. The summed E-state index contributed by atoms with van der Waals surface area (Å²) in [6, 6.07) is 19.4. The predicted octanol–water partition coefficient (Wildman–Crippen LogP) is 5.79. The van der Waals surface area contributed by atoms with Crippen molar-refractivity contribution in [3.05, 3.63) is 77.5 Å². The Morgan fingerprint density at radius 2 is 1.50 bits per heavy atom. The number of rotatable bonds is 6. The molecule has 2 aromatic carbocycles. The van der Waals surface area contributed by atoms with E-state index < -0.39 is 14.3 Å². The molecule has 0 atom stereocenters. The first-order chi connectivity index (χ1) is 12.2. The van der Waals surface area contributed by atoms with Gasteiger partial charge in [0.2, 0.25) is 0 Å². The van der Waals surface area contributed by atoms with Gasteiger partial charge in [0.1, 0.15) is 6.61 Å². The van der Waals surface area contributed by atoms with Crippen LogP contribution < -0.4 is 0 Å². The predicted molar refractivity (Wildman–Crippen MR) is 109 cm³/mol. The Balaban J connectivity index is 2.22. The van der Waals surface area contributed by atoms with Crippen LogP contribution in [0.15, 0.2) is 66.4 Å². The van der Waals surface area contributed by atoms with Crippen molar-refractivity contribution in [2.24, 2.45) is 0 Å². The standard InChI is InChI=1S/C22H28O3Si/c1-22(2,3)26(4,5)25-20(16-18-12-8-6-9-13-18)21(23)24-17-19-14-10-7-11-15-19/h6-16H,17H2,1-5H3/b20-16-. The number of benzene rings is 2. The first-order valence-electron chi connectivity index (χ1n) is 8.86. The SMILES string of the molecule is CC(C)(C)[Si](C)(C)O/C(=C\c1ccccc1)C(=O)OCc1ccccc1. The van der Waals surface area contributed by atoms with E-state index in [4.69, 9.17) is 9.16 Å².